The molecule has 4 rings (SSSR count). The molecule has 0 aliphatic carbocycles. The zero-order valence-electron chi connectivity index (χ0n) is 13.6. The van der Waals surface area contributed by atoms with E-state index in [9.17, 15) is 9.59 Å². The number of hydrogen-bond acceptors (Lipinski definition) is 3. The molecule has 3 heterocycles. The molecular formula is C19H17N3O2. The first-order valence-electron chi connectivity index (χ1n) is 7.97. The molecule has 1 aromatic carbocycles. The first-order chi connectivity index (χ1) is 11.5. The zero-order valence-corrected chi connectivity index (χ0v) is 13.6. The molecule has 5 nitrogen and oxygen atoms in total. The first-order valence-corrected chi connectivity index (χ1v) is 7.97. The molecular weight excluding hydrogens is 302 g/mol. The van der Waals surface area contributed by atoms with Gasteiger partial charge in [0.15, 0.2) is 0 Å². The van der Waals surface area contributed by atoms with E-state index in [1.807, 2.05) is 22.9 Å². The number of fused-ring (bicyclic) bond motifs is 2. The van der Waals surface area contributed by atoms with Gasteiger partial charge in [0.05, 0.1) is 23.4 Å². The van der Waals surface area contributed by atoms with Gasteiger partial charge in [0, 0.05) is 12.4 Å². The van der Waals surface area contributed by atoms with Crippen LogP contribution in [0.3, 0.4) is 0 Å². The molecule has 120 valence electrons. The van der Waals surface area contributed by atoms with Crippen molar-refractivity contribution in [1.82, 2.24) is 14.3 Å². The largest absolute Gasteiger partial charge is 0.306 e. The van der Waals surface area contributed by atoms with Crippen LogP contribution in [0.5, 0.6) is 0 Å². The van der Waals surface area contributed by atoms with Crippen LogP contribution >= 0.6 is 0 Å². The van der Waals surface area contributed by atoms with Gasteiger partial charge in [-0.05, 0) is 29.7 Å². The van der Waals surface area contributed by atoms with Gasteiger partial charge in [0.1, 0.15) is 5.65 Å². The molecule has 0 fully saturated rings. The summed E-state index contributed by atoms with van der Waals surface area (Å²) in [5.74, 6) is -0.0810. The monoisotopic (exact) mass is 319 g/mol. The molecule has 5 heteroatoms. The van der Waals surface area contributed by atoms with Crippen LogP contribution in [0.4, 0.5) is 0 Å². The van der Waals surface area contributed by atoms with Gasteiger partial charge < -0.3 is 4.40 Å². The van der Waals surface area contributed by atoms with E-state index in [-0.39, 0.29) is 18.4 Å². The number of imidazole rings is 1. The van der Waals surface area contributed by atoms with Gasteiger partial charge in [0.2, 0.25) is 0 Å². The third kappa shape index (κ3) is 2.21. The number of nitrogens with zero attached hydrogens (tertiary/aromatic N) is 3. The number of aromatic nitrogens is 2. The van der Waals surface area contributed by atoms with Crippen molar-refractivity contribution in [2.75, 3.05) is 0 Å². The van der Waals surface area contributed by atoms with E-state index >= 15 is 0 Å². The Morgan fingerprint density at radius 3 is 2.25 bits per heavy atom. The Kier molecular flexibility index (Phi) is 3.23. The lowest BCUT2D eigenvalue weighted by molar-refractivity contribution is 0.0640. The summed E-state index contributed by atoms with van der Waals surface area (Å²) in [5, 5.41) is 0. The van der Waals surface area contributed by atoms with E-state index in [0.29, 0.717) is 22.7 Å². The van der Waals surface area contributed by atoms with E-state index < -0.39 is 0 Å². The van der Waals surface area contributed by atoms with Crippen molar-refractivity contribution in [3.63, 3.8) is 0 Å². The fourth-order valence-corrected chi connectivity index (χ4v) is 3.02. The Bertz CT molecular complexity index is 937. The first kappa shape index (κ1) is 14.6. The van der Waals surface area contributed by atoms with E-state index in [4.69, 9.17) is 0 Å². The molecule has 2 amide bonds. The predicted molar refractivity (Wildman–Crippen MR) is 89.9 cm³/mol. The zero-order chi connectivity index (χ0) is 16.8. The van der Waals surface area contributed by atoms with Crippen LogP contribution in [-0.2, 0) is 6.54 Å². The molecule has 1 aliphatic rings. The molecule has 0 bridgehead atoms. The quantitative estimate of drug-likeness (QED) is 0.696. The maximum atomic E-state index is 12.4. The molecule has 0 N–H and O–H groups in total. The average Bonchev–Trinajstić information content (AvgIpc) is 3.09. The number of carbonyl (C=O) groups excluding carboxylic acids is 2. The van der Waals surface area contributed by atoms with E-state index in [0.717, 1.165) is 5.65 Å². The summed E-state index contributed by atoms with van der Waals surface area (Å²) < 4.78 is 1.95. The minimum absolute atomic E-state index is 0.186. The minimum Gasteiger partial charge on any atom is -0.306 e. The number of rotatable bonds is 3. The van der Waals surface area contributed by atoms with Gasteiger partial charge in [-0.15, -0.1) is 0 Å². The molecule has 3 aromatic rings. The van der Waals surface area contributed by atoms with Gasteiger partial charge >= 0.3 is 0 Å². The van der Waals surface area contributed by atoms with Gasteiger partial charge in [-0.25, -0.2) is 4.98 Å². The van der Waals surface area contributed by atoms with Gasteiger partial charge in [0.25, 0.3) is 11.8 Å². The Morgan fingerprint density at radius 1 is 0.958 bits per heavy atom. The third-order valence-electron chi connectivity index (χ3n) is 4.39. The SMILES string of the molecule is CC(C)c1ccc2nc(CN3C(=O)c4ccccc4C3=O)cn2c1. The summed E-state index contributed by atoms with van der Waals surface area (Å²) in [7, 11) is 0. The second-order valence-electron chi connectivity index (χ2n) is 6.36. The summed E-state index contributed by atoms with van der Waals surface area (Å²) in [5.41, 5.74) is 3.66. The minimum atomic E-state index is -0.254. The highest BCUT2D eigenvalue weighted by atomic mass is 16.2. The molecule has 0 saturated heterocycles. The number of hydrogen-bond donors (Lipinski definition) is 0. The summed E-state index contributed by atoms with van der Waals surface area (Å²) in [4.78, 5) is 30.7. The van der Waals surface area contributed by atoms with E-state index in [1.165, 1.54) is 10.5 Å². The highest BCUT2D eigenvalue weighted by molar-refractivity contribution is 6.21. The molecule has 0 unspecified atom stereocenters. The number of benzene rings is 1. The highest BCUT2D eigenvalue weighted by Crippen LogP contribution is 2.24. The van der Waals surface area contributed by atoms with Crippen molar-refractivity contribution in [2.24, 2.45) is 0 Å². The number of pyridine rings is 1. The molecule has 2 aromatic heterocycles. The summed E-state index contributed by atoms with van der Waals surface area (Å²) >= 11 is 0. The average molecular weight is 319 g/mol. The van der Waals surface area contributed by atoms with Crippen molar-refractivity contribution < 1.29 is 9.59 Å². The van der Waals surface area contributed by atoms with Crippen LogP contribution in [-0.4, -0.2) is 26.1 Å². The van der Waals surface area contributed by atoms with Crippen LogP contribution in [0, 0.1) is 0 Å². The molecule has 24 heavy (non-hydrogen) atoms. The second-order valence-corrected chi connectivity index (χ2v) is 6.36. The van der Waals surface area contributed by atoms with Crippen molar-refractivity contribution >= 4 is 17.5 Å². The van der Waals surface area contributed by atoms with Crippen LogP contribution in [0.25, 0.3) is 5.65 Å². The molecule has 0 saturated carbocycles. The number of imide groups is 1. The Morgan fingerprint density at radius 2 is 1.62 bits per heavy atom. The van der Waals surface area contributed by atoms with Crippen LogP contribution in [0.15, 0.2) is 48.8 Å². The van der Waals surface area contributed by atoms with Crippen LogP contribution in [0.1, 0.15) is 51.7 Å². The summed E-state index contributed by atoms with van der Waals surface area (Å²) in [6, 6.07) is 10.9. The second kappa shape index (κ2) is 5.30. The van der Waals surface area contributed by atoms with Gasteiger partial charge in [-0.1, -0.05) is 32.0 Å². The smallest absolute Gasteiger partial charge is 0.261 e. The maximum Gasteiger partial charge on any atom is 0.261 e. The lowest BCUT2D eigenvalue weighted by atomic mass is 10.1. The molecule has 1 aliphatic heterocycles. The van der Waals surface area contributed by atoms with Gasteiger partial charge in [-0.2, -0.15) is 0 Å². The normalized spacial score (nSPS) is 14.0. The van der Waals surface area contributed by atoms with Gasteiger partial charge in [-0.3, -0.25) is 14.5 Å². The third-order valence-corrected chi connectivity index (χ3v) is 4.39. The van der Waals surface area contributed by atoms with Crippen LogP contribution in [0.2, 0.25) is 0 Å². The fraction of sp³-hybridized carbons (Fsp3) is 0.211. The van der Waals surface area contributed by atoms with Crippen molar-refractivity contribution in [3.8, 4) is 0 Å². The predicted octanol–water partition coefficient (Wildman–Crippen LogP) is 3.25. The standard InChI is InChI=1S/C19H17N3O2/c1-12(2)13-7-8-17-20-14(10-21(17)9-13)11-22-18(23)15-5-3-4-6-16(15)19(22)24/h3-10,12H,11H2,1-2H3. The van der Waals surface area contributed by atoms with Crippen molar-refractivity contribution in [1.29, 1.82) is 0 Å². The maximum absolute atomic E-state index is 12.4. The summed E-state index contributed by atoms with van der Waals surface area (Å²) in [6.45, 7) is 4.46. The number of amides is 2. The Balaban J connectivity index is 1.66. The van der Waals surface area contributed by atoms with E-state index in [1.54, 1.807) is 24.3 Å². The Hall–Kier alpha value is -2.95. The summed E-state index contributed by atoms with van der Waals surface area (Å²) in [6.07, 6.45) is 3.92. The molecule has 0 spiro atoms. The topological polar surface area (TPSA) is 54.7 Å². The molecule has 0 atom stereocenters. The lowest BCUT2D eigenvalue weighted by Crippen LogP contribution is -2.29. The Labute approximate surface area is 139 Å². The fourth-order valence-electron chi connectivity index (χ4n) is 3.02. The van der Waals surface area contributed by atoms with Crippen molar-refractivity contribution in [3.05, 3.63) is 71.2 Å². The molecule has 0 radical (unpaired) electrons. The highest BCUT2D eigenvalue weighted by Gasteiger charge is 2.35. The lowest BCUT2D eigenvalue weighted by Gasteiger charge is -2.11. The van der Waals surface area contributed by atoms with Crippen LogP contribution < -0.4 is 0 Å². The van der Waals surface area contributed by atoms with Crippen molar-refractivity contribution in [2.45, 2.75) is 26.3 Å². The van der Waals surface area contributed by atoms with E-state index in [2.05, 4.69) is 24.9 Å². The number of carbonyl (C=O) groups is 2.